The molecule has 0 radical (unpaired) electrons. The molecule has 2 unspecified atom stereocenters. The van der Waals surface area contributed by atoms with Crippen molar-refractivity contribution < 1.29 is 13.9 Å². The van der Waals surface area contributed by atoms with Crippen LogP contribution in [-0.4, -0.2) is 17.5 Å². The molecule has 0 amide bonds. The lowest BCUT2D eigenvalue weighted by Crippen LogP contribution is -2.20. The van der Waals surface area contributed by atoms with Crippen molar-refractivity contribution >= 4 is 5.78 Å². The topological polar surface area (TPSA) is 42.7 Å². The molecule has 3 rings (SSSR count). The summed E-state index contributed by atoms with van der Waals surface area (Å²) in [6, 6.07) is 0. The van der Waals surface area contributed by atoms with Crippen LogP contribution in [-0.2, 0) is 11.2 Å². The normalized spacial score (nSPS) is 34.3. The highest BCUT2D eigenvalue weighted by molar-refractivity contribution is 6.04. The maximum atomic E-state index is 12.5. The van der Waals surface area contributed by atoms with Gasteiger partial charge in [0.25, 0.3) is 0 Å². The molecule has 18 heavy (non-hydrogen) atoms. The quantitative estimate of drug-likeness (QED) is 0.521. The second-order valence-electron chi connectivity index (χ2n) is 5.66. The van der Waals surface area contributed by atoms with Crippen LogP contribution in [0.5, 0.6) is 0 Å². The summed E-state index contributed by atoms with van der Waals surface area (Å²) in [5.74, 6) is 0.874. The van der Waals surface area contributed by atoms with Crippen LogP contribution in [0.1, 0.15) is 48.4 Å². The molecule has 1 aromatic heterocycles. The van der Waals surface area contributed by atoms with Crippen molar-refractivity contribution in [3.8, 4) is 0 Å². The summed E-state index contributed by atoms with van der Waals surface area (Å²) < 4.78 is 11.2. The molecular formula is C15H18O3. The van der Waals surface area contributed by atoms with Gasteiger partial charge in [0.15, 0.2) is 5.78 Å². The van der Waals surface area contributed by atoms with Crippen LogP contribution in [0.15, 0.2) is 22.3 Å². The van der Waals surface area contributed by atoms with E-state index in [2.05, 4.69) is 13.0 Å². The monoisotopic (exact) mass is 246 g/mol. The Morgan fingerprint density at radius 2 is 2.17 bits per heavy atom. The first-order chi connectivity index (χ1) is 8.51. The van der Waals surface area contributed by atoms with Crippen LogP contribution in [0.2, 0.25) is 0 Å². The third kappa shape index (κ3) is 1.74. The fourth-order valence-electron chi connectivity index (χ4n) is 2.78. The van der Waals surface area contributed by atoms with Gasteiger partial charge in [-0.15, -0.1) is 0 Å². The Morgan fingerprint density at radius 1 is 1.39 bits per heavy atom. The number of carbonyl (C=O) groups excluding carboxylic acids is 1. The molecule has 1 aliphatic heterocycles. The Kier molecular flexibility index (Phi) is 2.49. The van der Waals surface area contributed by atoms with Crippen molar-refractivity contribution in [1.82, 2.24) is 0 Å². The van der Waals surface area contributed by atoms with E-state index in [1.54, 1.807) is 6.26 Å². The number of Topliss-reactive ketones (excluding diaryl/α,β-unsaturated/α-hetero) is 1. The third-order valence-electron chi connectivity index (χ3n) is 3.99. The second kappa shape index (κ2) is 3.82. The van der Waals surface area contributed by atoms with Crippen molar-refractivity contribution in [3.63, 3.8) is 0 Å². The van der Waals surface area contributed by atoms with Crippen LogP contribution in [0.25, 0.3) is 0 Å². The first-order valence-corrected chi connectivity index (χ1v) is 6.46. The smallest absolute Gasteiger partial charge is 0.198 e. The van der Waals surface area contributed by atoms with Gasteiger partial charge >= 0.3 is 0 Å². The molecule has 0 saturated carbocycles. The summed E-state index contributed by atoms with van der Waals surface area (Å²) in [7, 11) is 0. The SMILES string of the molecule is C/C1=C\CCC2(C)OC2C(=O)c2c(C)coc2C1. The van der Waals surface area contributed by atoms with Crippen LogP contribution >= 0.6 is 0 Å². The molecule has 2 atom stereocenters. The van der Waals surface area contributed by atoms with Crippen LogP contribution in [0.4, 0.5) is 0 Å². The summed E-state index contributed by atoms with van der Waals surface area (Å²) in [5.41, 5.74) is 2.63. The van der Waals surface area contributed by atoms with Crippen molar-refractivity contribution in [3.05, 3.63) is 34.8 Å². The zero-order valence-corrected chi connectivity index (χ0v) is 11.1. The fraction of sp³-hybridized carbons (Fsp3) is 0.533. The summed E-state index contributed by atoms with van der Waals surface area (Å²) in [6.45, 7) is 6.03. The number of hydrogen-bond acceptors (Lipinski definition) is 3. The molecular weight excluding hydrogens is 228 g/mol. The number of furan rings is 1. The molecule has 3 nitrogen and oxygen atoms in total. The summed E-state index contributed by atoms with van der Waals surface area (Å²) in [4.78, 5) is 12.5. The highest BCUT2D eigenvalue weighted by Crippen LogP contribution is 2.43. The molecule has 0 N–H and O–H groups in total. The first-order valence-electron chi connectivity index (χ1n) is 6.46. The Bertz CT molecular complexity index is 538. The van der Waals surface area contributed by atoms with Gasteiger partial charge in [0, 0.05) is 6.42 Å². The van der Waals surface area contributed by atoms with E-state index in [-0.39, 0.29) is 17.5 Å². The number of carbonyl (C=O) groups is 1. The average Bonchev–Trinajstić information content (AvgIpc) is 2.84. The zero-order valence-electron chi connectivity index (χ0n) is 11.1. The van der Waals surface area contributed by atoms with E-state index in [4.69, 9.17) is 9.15 Å². The van der Waals surface area contributed by atoms with E-state index in [0.29, 0.717) is 0 Å². The predicted molar refractivity (Wildman–Crippen MR) is 67.7 cm³/mol. The van der Waals surface area contributed by atoms with E-state index >= 15 is 0 Å². The number of aryl methyl sites for hydroxylation is 1. The summed E-state index contributed by atoms with van der Waals surface area (Å²) in [6.07, 6.45) is 6.21. The molecule has 3 heteroatoms. The van der Waals surface area contributed by atoms with Crippen molar-refractivity contribution in [2.24, 2.45) is 0 Å². The van der Waals surface area contributed by atoms with E-state index < -0.39 is 0 Å². The first kappa shape index (κ1) is 11.7. The molecule has 96 valence electrons. The van der Waals surface area contributed by atoms with Gasteiger partial charge in [-0.05, 0) is 39.2 Å². The molecule has 2 aliphatic rings. The van der Waals surface area contributed by atoms with E-state index in [1.165, 1.54) is 5.57 Å². The van der Waals surface area contributed by atoms with Crippen LogP contribution in [0, 0.1) is 6.92 Å². The third-order valence-corrected chi connectivity index (χ3v) is 3.99. The van der Waals surface area contributed by atoms with Gasteiger partial charge < -0.3 is 9.15 Å². The van der Waals surface area contributed by atoms with Crippen molar-refractivity contribution in [2.45, 2.75) is 51.7 Å². The number of ether oxygens (including phenoxy) is 1. The number of rotatable bonds is 0. The molecule has 2 heterocycles. The van der Waals surface area contributed by atoms with Crippen LogP contribution < -0.4 is 0 Å². The van der Waals surface area contributed by atoms with Gasteiger partial charge in [-0.2, -0.15) is 0 Å². The Morgan fingerprint density at radius 3 is 2.94 bits per heavy atom. The van der Waals surface area contributed by atoms with Crippen molar-refractivity contribution in [1.29, 1.82) is 0 Å². The van der Waals surface area contributed by atoms with Gasteiger partial charge in [0.1, 0.15) is 17.5 Å². The molecule has 1 saturated heterocycles. The summed E-state index contributed by atoms with van der Waals surface area (Å²) in [5, 5.41) is 0. The minimum Gasteiger partial charge on any atom is -0.468 e. The highest BCUT2D eigenvalue weighted by Gasteiger charge is 2.56. The standard InChI is InChI=1S/C15H18O3/c1-9-5-4-6-15(3)14(18-15)13(16)12-10(2)8-17-11(12)7-9/h5,8,14H,4,6-7H2,1-3H3/b9-5+. The Balaban J connectivity index is 2.05. The minimum atomic E-state index is -0.278. The molecule has 1 fully saturated rings. The minimum absolute atomic E-state index is 0.0912. The Labute approximate surface area is 107 Å². The molecule has 1 aliphatic carbocycles. The predicted octanol–water partition coefficient (Wildman–Crippen LogP) is 3.21. The average molecular weight is 246 g/mol. The number of ketones is 1. The number of fused-ring (bicyclic) bond motifs is 2. The van der Waals surface area contributed by atoms with Gasteiger partial charge in [-0.3, -0.25) is 4.79 Å². The second-order valence-corrected chi connectivity index (χ2v) is 5.66. The lowest BCUT2D eigenvalue weighted by atomic mass is 9.91. The molecule has 0 spiro atoms. The van der Waals surface area contributed by atoms with Gasteiger partial charge in [-0.1, -0.05) is 11.6 Å². The summed E-state index contributed by atoms with van der Waals surface area (Å²) >= 11 is 0. The fourth-order valence-corrected chi connectivity index (χ4v) is 2.78. The maximum absolute atomic E-state index is 12.5. The number of epoxide rings is 1. The zero-order chi connectivity index (χ0) is 12.9. The molecule has 0 aromatic carbocycles. The van der Waals surface area contributed by atoms with Gasteiger partial charge in [-0.25, -0.2) is 0 Å². The maximum Gasteiger partial charge on any atom is 0.198 e. The Hall–Kier alpha value is -1.35. The lowest BCUT2D eigenvalue weighted by molar-refractivity contribution is 0.0951. The largest absolute Gasteiger partial charge is 0.468 e. The van der Waals surface area contributed by atoms with E-state index in [1.807, 2.05) is 13.8 Å². The molecule has 1 aromatic rings. The van der Waals surface area contributed by atoms with E-state index in [0.717, 1.165) is 36.1 Å². The van der Waals surface area contributed by atoms with Crippen molar-refractivity contribution in [2.75, 3.05) is 0 Å². The highest BCUT2D eigenvalue weighted by atomic mass is 16.6. The van der Waals surface area contributed by atoms with E-state index in [9.17, 15) is 4.79 Å². The molecule has 0 bridgehead atoms. The van der Waals surface area contributed by atoms with Gasteiger partial charge in [0.2, 0.25) is 0 Å². The lowest BCUT2D eigenvalue weighted by Gasteiger charge is -2.08. The van der Waals surface area contributed by atoms with Gasteiger partial charge in [0.05, 0.1) is 11.8 Å². The number of allylic oxidation sites excluding steroid dienone is 2. The van der Waals surface area contributed by atoms with Crippen LogP contribution in [0.3, 0.4) is 0 Å². The number of hydrogen-bond donors (Lipinski definition) is 0.